The van der Waals surface area contributed by atoms with Crippen LogP contribution in [0, 0.1) is 0 Å². The van der Waals surface area contributed by atoms with Crippen LogP contribution in [0.1, 0.15) is 47.5 Å². The first-order chi connectivity index (χ1) is 7.74. The lowest BCUT2D eigenvalue weighted by Gasteiger charge is -2.19. The molecule has 0 bridgehead atoms. The maximum atomic E-state index is 10.8. The van der Waals surface area contributed by atoms with E-state index >= 15 is 0 Å². The lowest BCUT2D eigenvalue weighted by molar-refractivity contribution is -0.149. The van der Waals surface area contributed by atoms with Gasteiger partial charge in [0.1, 0.15) is 5.60 Å². The maximum absolute atomic E-state index is 10.8. The largest absolute Gasteiger partial charge is 0.502 e. The molecule has 0 aromatic carbocycles. The highest BCUT2D eigenvalue weighted by molar-refractivity contribution is 5.87. The van der Waals surface area contributed by atoms with Gasteiger partial charge in [0.05, 0.1) is 12.9 Å². The molecule has 0 aliphatic rings. The summed E-state index contributed by atoms with van der Waals surface area (Å²) in [5, 5.41) is 0. The van der Waals surface area contributed by atoms with Crippen LogP contribution in [0.15, 0.2) is 25.0 Å². The van der Waals surface area contributed by atoms with E-state index in [0.29, 0.717) is 5.57 Å². The molecule has 0 amide bonds. The molecule has 100 valence electrons. The van der Waals surface area contributed by atoms with Crippen LogP contribution >= 0.6 is 0 Å². The number of unbranched alkanes of at least 4 members (excludes halogenated alkanes) is 1. The molecule has 0 aliphatic heterocycles. The van der Waals surface area contributed by atoms with Gasteiger partial charge < -0.3 is 9.47 Å². The van der Waals surface area contributed by atoms with E-state index in [1.165, 1.54) is 12.7 Å². The minimum absolute atomic E-state index is 0.326. The Hall–Kier alpha value is -1.25. The Balaban J connectivity index is 0. The monoisotopic (exact) mass is 242 g/mol. The average molecular weight is 242 g/mol. The summed E-state index contributed by atoms with van der Waals surface area (Å²) >= 11 is 0. The first kappa shape index (κ1) is 18.1. The van der Waals surface area contributed by atoms with E-state index in [0.717, 1.165) is 13.0 Å². The van der Waals surface area contributed by atoms with Crippen molar-refractivity contribution >= 4 is 5.97 Å². The van der Waals surface area contributed by atoms with Crippen LogP contribution in [0.25, 0.3) is 0 Å². The molecule has 17 heavy (non-hydrogen) atoms. The van der Waals surface area contributed by atoms with Gasteiger partial charge in [0.15, 0.2) is 0 Å². The average Bonchev–Trinajstić information content (AvgIpc) is 2.17. The molecule has 0 spiro atoms. The Morgan fingerprint density at radius 2 is 1.88 bits per heavy atom. The highest BCUT2D eigenvalue weighted by Crippen LogP contribution is 2.09. The Morgan fingerprint density at radius 3 is 2.12 bits per heavy atom. The first-order valence-corrected chi connectivity index (χ1v) is 5.86. The smallest absolute Gasteiger partial charge is 0.333 e. The topological polar surface area (TPSA) is 35.5 Å². The van der Waals surface area contributed by atoms with Crippen LogP contribution in [0.4, 0.5) is 0 Å². The molecule has 0 saturated carbocycles. The SMILES string of the molecule is C=C(C)C(=O)OC(C)(C)C.C=COCCCC. The summed E-state index contributed by atoms with van der Waals surface area (Å²) in [6.07, 6.45) is 3.80. The number of rotatable bonds is 5. The second-order valence-electron chi connectivity index (χ2n) is 4.67. The van der Waals surface area contributed by atoms with E-state index in [-0.39, 0.29) is 5.97 Å². The lowest BCUT2D eigenvalue weighted by Crippen LogP contribution is -2.23. The third-order valence-corrected chi connectivity index (χ3v) is 1.48. The molecule has 0 fully saturated rings. The van der Waals surface area contributed by atoms with Crippen LogP contribution in [0.2, 0.25) is 0 Å². The Kier molecular flexibility index (Phi) is 10.6. The zero-order chi connectivity index (χ0) is 13.9. The van der Waals surface area contributed by atoms with Crippen molar-refractivity contribution in [2.24, 2.45) is 0 Å². The van der Waals surface area contributed by atoms with Crippen molar-refractivity contribution in [3.63, 3.8) is 0 Å². The summed E-state index contributed by atoms with van der Waals surface area (Å²) in [5.41, 5.74) is 0.0330. The minimum atomic E-state index is -0.407. The van der Waals surface area contributed by atoms with Gasteiger partial charge in [-0.1, -0.05) is 26.5 Å². The van der Waals surface area contributed by atoms with Gasteiger partial charge in [-0.3, -0.25) is 0 Å². The number of hydrogen-bond donors (Lipinski definition) is 0. The van der Waals surface area contributed by atoms with Crippen molar-refractivity contribution in [1.82, 2.24) is 0 Å². The lowest BCUT2D eigenvalue weighted by atomic mass is 10.2. The van der Waals surface area contributed by atoms with Crippen LogP contribution in [-0.2, 0) is 14.3 Å². The summed E-state index contributed by atoms with van der Waals surface area (Å²) in [5.74, 6) is -0.326. The molecule has 0 saturated heterocycles. The maximum Gasteiger partial charge on any atom is 0.333 e. The van der Waals surface area contributed by atoms with Crippen molar-refractivity contribution in [2.45, 2.75) is 53.1 Å². The van der Waals surface area contributed by atoms with Gasteiger partial charge in [0.2, 0.25) is 0 Å². The predicted molar refractivity (Wildman–Crippen MR) is 71.7 cm³/mol. The number of ether oxygens (including phenoxy) is 2. The fraction of sp³-hybridized carbons (Fsp3) is 0.643. The highest BCUT2D eigenvalue weighted by Gasteiger charge is 2.15. The predicted octanol–water partition coefficient (Wildman–Crippen LogP) is 3.85. The van der Waals surface area contributed by atoms with Crippen molar-refractivity contribution in [3.8, 4) is 0 Å². The van der Waals surface area contributed by atoms with E-state index in [1.54, 1.807) is 6.92 Å². The summed E-state index contributed by atoms with van der Waals surface area (Å²) in [4.78, 5) is 10.8. The molecule has 0 atom stereocenters. The molecule has 3 nitrogen and oxygen atoms in total. The van der Waals surface area contributed by atoms with Crippen molar-refractivity contribution in [2.75, 3.05) is 6.61 Å². The molecule has 0 unspecified atom stereocenters. The van der Waals surface area contributed by atoms with E-state index in [4.69, 9.17) is 9.47 Å². The van der Waals surface area contributed by atoms with Gasteiger partial charge in [-0.25, -0.2) is 4.79 Å². The summed E-state index contributed by atoms with van der Waals surface area (Å²) in [6, 6.07) is 0. The molecule has 0 aliphatic carbocycles. The van der Waals surface area contributed by atoms with Gasteiger partial charge >= 0.3 is 5.97 Å². The summed E-state index contributed by atoms with van der Waals surface area (Å²) < 4.78 is 9.80. The molecular formula is C14H26O3. The van der Waals surface area contributed by atoms with Gasteiger partial charge in [-0.2, -0.15) is 0 Å². The van der Waals surface area contributed by atoms with Gasteiger partial charge in [0, 0.05) is 5.57 Å². The van der Waals surface area contributed by atoms with Crippen LogP contribution in [0.3, 0.4) is 0 Å². The van der Waals surface area contributed by atoms with Crippen molar-refractivity contribution < 1.29 is 14.3 Å². The molecule has 0 radical (unpaired) electrons. The second-order valence-corrected chi connectivity index (χ2v) is 4.67. The Bertz CT molecular complexity index is 236. The minimum Gasteiger partial charge on any atom is -0.502 e. The first-order valence-electron chi connectivity index (χ1n) is 5.86. The van der Waals surface area contributed by atoms with E-state index < -0.39 is 5.60 Å². The zero-order valence-corrected chi connectivity index (χ0v) is 11.8. The Morgan fingerprint density at radius 1 is 1.35 bits per heavy atom. The van der Waals surface area contributed by atoms with Gasteiger partial charge in [0.25, 0.3) is 0 Å². The molecular weight excluding hydrogens is 216 g/mol. The number of carbonyl (C=O) groups is 1. The van der Waals surface area contributed by atoms with Crippen molar-refractivity contribution in [1.29, 1.82) is 0 Å². The fourth-order valence-electron chi connectivity index (χ4n) is 0.676. The fourth-order valence-corrected chi connectivity index (χ4v) is 0.676. The third kappa shape index (κ3) is 17.4. The number of esters is 1. The van der Waals surface area contributed by atoms with Gasteiger partial charge in [-0.15, -0.1) is 0 Å². The van der Waals surface area contributed by atoms with E-state index in [2.05, 4.69) is 20.1 Å². The molecule has 0 heterocycles. The summed E-state index contributed by atoms with van der Waals surface area (Å²) in [6.45, 7) is 16.9. The van der Waals surface area contributed by atoms with Crippen LogP contribution < -0.4 is 0 Å². The van der Waals surface area contributed by atoms with Crippen molar-refractivity contribution in [3.05, 3.63) is 25.0 Å². The number of carbonyl (C=O) groups excluding carboxylic acids is 1. The third-order valence-electron chi connectivity index (χ3n) is 1.48. The van der Waals surface area contributed by atoms with Crippen LogP contribution in [-0.4, -0.2) is 18.2 Å². The molecule has 0 aromatic rings. The summed E-state index contributed by atoms with van der Waals surface area (Å²) in [7, 11) is 0. The highest BCUT2D eigenvalue weighted by atomic mass is 16.6. The Labute approximate surface area is 105 Å². The second kappa shape index (κ2) is 9.94. The normalized spacial score (nSPS) is 9.71. The zero-order valence-electron chi connectivity index (χ0n) is 11.8. The number of hydrogen-bond acceptors (Lipinski definition) is 3. The van der Waals surface area contributed by atoms with Crippen LogP contribution in [0.5, 0.6) is 0 Å². The van der Waals surface area contributed by atoms with E-state index in [9.17, 15) is 4.79 Å². The standard InChI is InChI=1S/C8H14O2.C6H12O/c1-6(2)7(9)10-8(3,4)5;1-3-5-6-7-4-2/h1H2,2-5H3;4H,2-3,5-6H2,1H3. The van der Waals surface area contributed by atoms with E-state index in [1.807, 2.05) is 20.8 Å². The molecule has 0 N–H and O–H groups in total. The molecule has 0 rings (SSSR count). The molecule has 0 aromatic heterocycles. The quantitative estimate of drug-likeness (QED) is 0.318. The van der Waals surface area contributed by atoms with Gasteiger partial charge in [-0.05, 0) is 34.1 Å². The molecule has 3 heteroatoms.